The van der Waals surface area contributed by atoms with Crippen LogP contribution in [0.3, 0.4) is 0 Å². The molecular weight excluding hydrogens is 446 g/mol. The summed E-state index contributed by atoms with van der Waals surface area (Å²) in [6, 6.07) is 14.6. The maximum Gasteiger partial charge on any atom is 0.276 e. The van der Waals surface area contributed by atoms with Gasteiger partial charge in [-0.1, -0.05) is 31.2 Å². The fourth-order valence-electron chi connectivity index (χ4n) is 2.05. The molecule has 0 spiro atoms. The van der Waals surface area contributed by atoms with Crippen LogP contribution in [-0.4, -0.2) is 30.1 Å². The average Bonchev–Trinajstić information content (AvgIpc) is 2.70. The summed E-state index contributed by atoms with van der Waals surface area (Å²) in [7, 11) is 0. The fourth-order valence-corrected chi connectivity index (χ4v) is 2.75. The minimum atomic E-state index is -0.459. The second-order valence-corrected chi connectivity index (χ2v) is 6.82. The summed E-state index contributed by atoms with van der Waals surface area (Å²) in [6.07, 6.45) is 0.904. The van der Waals surface area contributed by atoms with Crippen LogP contribution >= 0.6 is 28.1 Å². The fraction of sp³-hybridized carbons (Fsp3) is 0.211. The SMILES string of the molecule is CCc1ccc(OCC(=O)NC(=S)NNC(=O)COc2ccccc2)c(Br)c1. The van der Waals surface area contributed by atoms with Gasteiger partial charge in [0.05, 0.1) is 4.47 Å². The number of ether oxygens (including phenoxy) is 2. The van der Waals surface area contributed by atoms with Gasteiger partial charge in [0.25, 0.3) is 11.8 Å². The molecule has 0 aliphatic carbocycles. The number of amides is 2. The summed E-state index contributed by atoms with van der Waals surface area (Å²) in [6.45, 7) is 1.63. The molecule has 0 aromatic heterocycles. The Morgan fingerprint density at radius 3 is 2.39 bits per heavy atom. The lowest BCUT2D eigenvalue weighted by Gasteiger charge is -2.12. The van der Waals surface area contributed by atoms with E-state index < -0.39 is 11.8 Å². The molecule has 0 radical (unpaired) electrons. The zero-order chi connectivity index (χ0) is 20.4. The number of hydrogen-bond donors (Lipinski definition) is 3. The summed E-state index contributed by atoms with van der Waals surface area (Å²) >= 11 is 8.36. The minimum absolute atomic E-state index is 0.0537. The van der Waals surface area contributed by atoms with Crippen molar-refractivity contribution in [3.05, 3.63) is 58.6 Å². The normalized spacial score (nSPS) is 9.93. The first kappa shape index (κ1) is 21.6. The number of carbonyl (C=O) groups excluding carboxylic acids is 2. The molecule has 0 saturated heterocycles. The largest absolute Gasteiger partial charge is 0.484 e. The van der Waals surface area contributed by atoms with Crippen LogP contribution in [0.2, 0.25) is 0 Å². The molecule has 3 N–H and O–H groups in total. The highest BCUT2D eigenvalue weighted by Gasteiger charge is 2.09. The molecule has 2 rings (SSSR count). The maximum absolute atomic E-state index is 11.9. The molecule has 0 bridgehead atoms. The number of nitrogens with one attached hydrogen (secondary N) is 3. The number of para-hydroxylation sites is 1. The molecule has 2 aromatic carbocycles. The molecule has 9 heteroatoms. The van der Waals surface area contributed by atoms with E-state index in [1.807, 2.05) is 18.2 Å². The third-order valence-electron chi connectivity index (χ3n) is 3.44. The third-order valence-corrected chi connectivity index (χ3v) is 4.27. The predicted molar refractivity (Wildman–Crippen MR) is 113 cm³/mol. The highest BCUT2D eigenvalue weighted by molar-refractivity contribution is 9.10. The number of halogens is 1. The Labute approximate surface area is 176 Å². The quantitative estimate of drug-likeness (QED) is 0.430. The van der Waals surface area contributed by atoms with Crippen molar-refractivity contribution < 1.29 is 19.1 Å². The van der Waals surface area contributed by atoms with Crippen LogP contribution in [0.1, 0.15) is 12.5 Å². The van der Waals surface area contributed by atoms with Crippen molar-refractivity contribution in [2.24, 2.45) is 0 Å². The summed E-state index contributed by atoms with van der Waals surface area (Å²) in [5.74, 6) is 0.219. The predicted octanol–water partition coefficient (Wildman–Crippen LogP) is 2.49. The van der Waals surface area contributed by atoms with E-state index in [2.05, 4.69) is 39.0 Å². The number of hydrogen-bond acceptors (Lipinski definition) is 5. The first-order valence-electron chi connectivity index (χ1n) is 8.45. The number of hydrazine groups is 1. The van der Waals surface area contributed by atoms with E-state index >= 15 is 0 Å². The molecule has 0 aliphatic rings. The van der Waals surface area contributed by atoms with Crippen molar-refractivity contribution in [1.29, 1.82) is 0 Å². The van der Waals surface area contributed by atoms with Crippen LogP contribution in [-0.2, 0) is 16.0 Å². The number of carbonyl (C=O) groups is 2. The minimum Gasteiger partial charge on any atom is -0.484 e. The highest BCUT2D eigenvalue weighted by atomic mass is 79.9. The Morgan fingerprint density at radius 2 is 1.71 bits per heavy atom. The molecule has 0 atom stereocenters. The Bertz CT molecular complexity index is 833. The Morgan fingerprint density at radius 1 is 1.00 bits per heavy atom. The van der Waals surface area contributed by atoms with Crippen molar-refractivity contribution in [1.82, 2.24) is 16.2 Å². The number of aryl methyl sites for hydroxylation is 1. The van der Waals surface area contributed by atoms with Gasteiger partial charge < -0.3 is 9.47 Å². The second-order valence-electron chi connectivity index (χ2n) is 5.56. The molecular formula is C19H20BrN3O4S. The van der Waals surface area contributed by atoms with Crippen LogP contribution in [0.15, 0.2) is 53.0 Å². The van der Waals surface area contributed by atoms with E-state index in [4.69, 9.17) is 21.7 Å². The molecule has 0 fully saturated rings. The van der Waals surface area contributed by atoms with E-state index in [0.717, 1.165) is 16.5 Å². The molecule has 2 aromatic rings. The molecule has 7 nitrogen and oxygen atoms in total. The van der Waals surface area contributed by atoms with Gasteiger partial charge in [0.2, 0.25) is 0 Å². The van der Waals surface area contributed by atoms with Gasteiger partial charge in [0.1, 0.15) is 11.5 Å². The van der Waals surface area contributed by atoms with Crippen LogP contribution in [0.4, 0.5) is 0 Å². The first-order chi connectivity index (χ1) is 13.5. The summed E-state index contributed by atoms with van der Waals surface area (Å²) in [5, 5.41) is 2.35. The van der Waals surface area contributed by atoms with Crippen LogP contribution in [0.5, 0.6) is 11.5 Å². The smallest absolute Gasteiger partial charge is 0.276 e. The number of benzene rings is 2. The van der Waals surface area contributed by atoms with E-state index in [1.165, 1.54) is 0 Å². The van der Waals surface area contributed by atoms with Gasteiger partial charge in [-0.3, -0.25) is 25.8 Å². The Hall–Kier alpha value is -2.65. The Kier molecular flexibility index (Phi) is 8.70. The van der Waals surface area contributed by atoms with Crippen molar-refractivity contribution in [3.8, 4) is 11.5 Å². The zero-order valence-electron chi connectivity index (χ0n) is 15.2. The highest BCUT2D eigenvalue weighted by Crippen LogP contribution is 2.26. The van der Waals surface area contributed by atoms with Gasteiger partial charge in [-0.25, -0.2) is 0 Å². The van der Waals surface area contributed by atoms with Crippen LogP contribution < -0.4 is 25.6 Å². The van der Waals surface area contributed by atoms with E-state index in [-0.39, 0.29) is 18.3 Å². The molecule has 0 unspecified atom stereocenters. The van der Waals surface area contributed by atoms with Gasteiger partial charge >= 0.3 is 0 Å². The molecule has 148 valence electrons. The van der Waals surface area contributed by atoms with Gasteiger partial charge in [0.15, 0.2) is 18.3 Å². The number of thiocarbonyl (C=S) groups is 1. The third kappa shape index (κ3) is 7.53. The van der Waals surface area contributed by atoms with Crippen molar-refractivity contribution >= 4 is 45.1 Å². The van der Waals surface area contributed by atoms with E-state index in [9.17, 15) is 9.59 Å². The van der Waals surface area contributed by atoms with Crippen molar-refractivity contribution in [2.75, 3.05) is 13.2 Å². The average molecular weight is 466 g/mol. The topological polar surface area (TPSA) is 88.7 Å². The lowest BCUT2D eigenvalue weighted by atomic mass is 10.2. The number of rotatable bonds is 7. The van der Waals surface area contributed by atoms with Crippen molar-refractivity contribution in [3.63, 3.8) is 0 Å². The Balaban J connectivity index is 1.66. The summed E-state index contributed by atoms with van der Waals surface area (Å²) in [5.41, 5.74) is 5.92. The summed E-state index contributed by atoms with van der Waals surface area (Å²) < 4.78 is 11.5. The van der Waals surface area contributed by atoms with Gasteiger partial charge in [-0.15, -0.1) is 0 Å². The van der Waals surface area contributed by atoms with Crippen molar-refractivity contribution in [2.45, 2.75) is 13.3 Å². The molecule has 0 heterocycles. The van der Waals surface area contributed by atoms with Gasteiger partial charge in [0, 0.05) is 0 Å². The molecule has 2 amide bonds. The maximum atomic E-state index is 11.9. The monoisotopic (exact) mass is 465 g/mol. The first-order valence-corrected chi connectivity index (χ1v) is 9.65. The molecule has 28 heavy (non-hydrogen) atoms. The molecule has 0 saturated carbocycles. The zero-order valence-corrected chi connectivity index (χ0v) is 17.6. The summed E-state index contributed by atoms with van der Waals surface area (Å²) in [4.78, 5) is 23.6. The van der Waals surface area contributed by atoms with Crippen LogP contribution in [0.25, 0.3) is 0 Å². The van der Waals surface area contributed by atoms with E-state index in [1.54, 1.807) is 30.3 Å². The van der Waals surface area contributed by atoms with Crippen LogP contribution in [0, 0.1) is 0 Å². The lowest BCUT2D eigenvalue weighted by molar-refractivity contribution is -0.124. The van der Waals surface area contributed by atoms with E-state index in [0.29, 0.717) is 11.5 Å². The lowest BCUT2D eigenvalue weighted by Crippen LogP contribution is -2.50. The standard InChI is InChI=1S/C19H20BrN3O4S/c1-2-13-8-9-16(15(20)10-13)27-11-17(24)21-19(28)23-22-18(25)12-26-14-6-4-3-5-7-14/h3-10H,2,11-12H2,1H3,(H,22,25)(H2,21,23,24,28). The molecule has 0 aliphatic heterocycles. The van der Waals surface area contributed by atoms with Gasteiger partial charge in [-0.05, 0) is 64.4 Å². The van der Waals surface area contributed by atoms with Gasteiger partial charge in [-0.2, -0.15) is 0 Å². The second kappa shape index (κ2) is 11.3.